The van der Waals surface area contributed by atoms with Crippen LogP contribution in [0.3, 0.4) is 0 Å². The molecule has 13 heavy (non-hydrogen) atoms. The van der Waals surface area contributed by atoms with Crippen LogP contribution >= 0.6 is 11.6 Å². The van der Waals surface area contributed by atoms with Gasteiger partial charge in [-0.25, -0.2) is 0 Å². The van der Waals surface area contributed by atoms with E-state index >= 15 is 0 Å². The van der Waals surface area contributed by atoms with Gasteiger partial charge in [0.05, 0.1) is 12.0 Å². The van der Waals surface area contributed by atoms with E-state index in [1.807, 2.05) is 0 Å². The maximum absolute atomic E-state index is 11.4. The molecule has 0 saturated heterocycles. The van der Waals surface area contributed by atoms with E-state index in [2.05, 4.69) is 0 Å². The molecule has 1 rings (SSSR count). The van der Waals surface area contributed by atoms with Crippen LogP contribution in [0.15, 0.2) is 0 Å². The first-order chi connectivity index (χ1) is 6.16. The highest BCUT2D eigenvalue weighted by atomic mass is 35.5. The summed E-state index contributed by atoms with van der Waals surface area (Å²) >= 11 is 5.75. The smallest absolute Gasteiger partial charge is 0.316 e. The molecule has 0 radical (unpaired) electrons. The molecule has 0 aromatic carbocycles. The van der Waals surface area contributed by atoms with Crippen LogP contribution in [-0.2, 0) is 14.3 Å². The molecule has 0 amide bonds. The number of Topliss-reactive ketones (excluding diaryl/α,β-unsaturated/α-hetero) is 1. The molecular formula is C9H13ClO3. The number of hydrogen-bond acceptors (Lipinski definition) is 3. The number of alkyl halides is 1. The van der Waals surface area contributed by atoms with Crippen LogP contribution in [0, 0.1) is 5.92 Å². The van der Waals surface area contributed by atoms with Crippen molar-refractivity contribution in [3.05, 3.63) is 0 Å². The molecule has 0 spiro atoms. The summed E-state index contributed by atoms with van der Waals surface area (Å²) in [5.74, 6) is -1.21. The number of esters is 1. The first kappa shape index (κ1) is 10.5. The van der Waals surface area contributed by atoms with E-state index in [0.717, 1.165) is 6.42 Å². The van der Waals surface area contributed by atoms with E-state index in [4.69, 9.17) is 16.3 Å². The molecule has 0 heterocycles. The van der Waals surface area contributed by atoms with Crippen LogP contribution < -0.4 is 0 Å². The maximum Gasteiger partial charge on any atom is 0.316 e. The molecule has 0 aliphatic heterocycles. The number of ketones is 1. The van der Waals surface area contributed by atoms with Crippen molar-refractivity contribution in [1.29, 1.82) is 0 Å². The molecule has 0 bridgehead atoms. The second-order valence-electron chi connectivity index (χ2n) is 3.11. The highest BCUT2D eigenvalue weighted by Gasteiger charge is 2.35. The minimum atomic E-state index is -0.615. The Hall–Kier alpha value is -0.570. The first-order valence-corrected chi connectivity index (χ1v) is 4.95. The largest absolute Gasteiger partial charge is 0.465 e. The molecule has 1 aliphatic carbocycles. The monoisotopic (exact) mass is 204 g/mol. The van der Waals surface area contributed by atoms with Crippen molar-refractivity contribution in [2.24, 2.45) is 5.92 Å². The van der Waals surface area contributed by atoms with Gasteiger partial charge >= 0.3 is 5.97 Å². The maximum atomic E-state index is 11.4. The van der Waals surface area contributed by atoms with Gasteiger partial charge in [-0.15, -0.1) is 11.6 Å². The Morgan fingerprint density at radius 3 is 2.92 bits per heavy atom. The van der Waals surface area contributed by atoms with Gasteiger partial charge in [0.15, 0.2) is 5.78 Å². The molecule has 1 aliphatic rings. The predicted molar refractivity (Wildman–Crippen MR) is 48.6 cm³/mol. The number of ether oxygens (including phenoxy) is 1. The molecular weight excluding hydrogens is 192 g/mol. The minimum Gasteiger partial charge on any atom is -0.465 e. The molecule has 2 atom stereocenters. The number of rotatable bonds is 2. The van der Waals surface area contributed by atoms with E-state index in [0.29, 0.717) is 19.4 Å². The average molecular weight is 205 g/mol. The molecule has 1 saturated carbocycles. The van der Waals surface area contributed by atoms with Crippen molar-refractivity contribution in [1.82, 2.24) is 0 Å². The Morgan fingerprint density at radius 2 is 2.31 bits per heavy atom. The van der Waals surface area contributed by atoms with Gasteiger partial charge in [-0.1, -0.05) is 6.42 Å². The lowest BCUT2D eigenvalue weighted by Gasteiger charge is -2.22. The van der Waals surface area contributed by atoms with E-state index in [1.165, 1.54) is 0 Å². The second-order valence-corrected chi connectivity index (χ2v) is 3.63. The van der Waals surface area contributed by atoms with E-state index < -0.39 is 17.3 Å². The van der Waals surface area contributed by atoms with Crippen molar-refractivity contribution in [3.63, 3.8) is 0 Å². The standard InChI is InChI=1S/C9H13ClO3/c1-2-13-9(12)6-4-3-5-7(10)8(6)11/h6-7H,2-5H2,1H3. The van der Waals surface area contributed by atoms with E-state index in [-0.39, 0.29) is 5.78 Å². The lowest BCUT2D eigenvalue weighted by molar-refractivity contribution is -0.152. The Kier molecular flexibility index (Phi) is 3.72. The molecule has 0 aromatic heterocycles. The minimum absolute atomic E-state index is 0.175. The SMILES string of the molecule is CCOC(=O)C1CCCC(Cl)C1=O. The Labute approximate surface area is 82.4 Å². The Balaban J connectivity index is 2.57. The topological polar surface area (TPSA) is 43.4 Å². The molecule has 1 fully saturated rings. The lowest BCUT2D eigenvalue weighted by atomic mass is 9.88. The number of halogens is 1. The quantitative estimate of drug-likeness (QED) is 0.389. The zero-order chi connectivity index (χ0) is 9.84. The van der Waals surface area contributed by atoms with Crippen molar-refractivity contribution in [2.75, 3.05) is 6.61 Å². The van der Waals surface area contributed by atoms with Crippen molar-refractivity contribution in [3.8, 4) is 0 Å². The zero-order valence-corrected chi connectivity index (χ0v) is 8.34. The second kappa shape index (κ2) is 4.61. The fraction of sp³-hybridized carbons (Fsp3) is 0.778. The van der Waals surface area contributed by atoms with Gasteiger partial charge in [0.25, 0.3) is 0 Å². The summed E-state index contributed by atoms with van der Waals surface area (Å²) in [4.78, 5) is 22.7. The molecule has 4 heteroatoms. The Morgan fingerprint density at radius 1 is 1.62 bits per heavy atom. The molecule has 2 unspecified atom stereocenters. The van der Waals surface area contributed by atoms with Gasteiger partial charge in [0.1, 0.15) is 5.92 Å². The van der Waals surface area contributed by atoms with Gasteiger partial charge < -0.3 is 4.74 Å². The third kappa shape index (κ3) is 2.44. The number of carbonyl (C=O) groups is 2. The highest BCUT2D eigenvalue weighted by molar-refractivity contribution is 6.33. The summed E-state index contributed by atoms with van der Waals surface area (Å²) < 4.78 is 4.78. The van der Waals surface area contributed by atoms with Gasteiger partial charge in [-0.05, 0) is 19.8 Å². The normalized spacial score (nSPS) is 28.6. The van der Waals surface area contributed by atoms with Crippen LogP contribution in [0.25, 0.3) is 0 Å². The first-order valence-electron chi connectivity index (χ1n) is 4.51. The van der Waals surface area contributed by atoms with Crippen molar-refractivity contribution in [2.45, 2.75) is 31.6 Å². The van der Waals surface area contributed by atoms with E-state index in [9.17, 15) is 9.59 Å². The summed E-state index contributed by atoms with van der Waals surface area (Å²) in [6.45, 7) is 2.04. The van der Waals surface area contributed by atoms with Crippen LogP contribution in [0.4, 0.5) is 0 Å². The van der Waals surface area contributed by atoms with Gasteiger partial charge in [-0.3, -0.25) is 9.59 Å². The summed E-state index contributed by atoms with van der Waals surface area (Å²) in [6.07, 6.45) is 2.08. The summed E-state index contributed by atoms with van der Waals surface area (Å²) in [5, 5.41) is -0.497. The van der Waals surface area contributed by atoms with Crippen LogP contribution in [-0.4, -0.2) is 23.7 Å². The van der Waals surface area contributed by atoms with Gasteiger partial charge in [0.2, 0.25) is 0 Å². The Bertz CT molecular complexity index is 215. The third-order valence-corrected chi connectivity index (χ3v) is 2.61. The summed E-state index contributed by atoms with van der Waals surface area (Å²) in [7, 11) is 0. The number of carbonyl (C=O) groups excluding carboxylic acids is 2. The van der Waals surface area contributed by atoms with Crippen molar-refractivity contribution < 1.29 is 14.3 Å². The summed E-state index contributed by atoms with van der Waals surface area (Å²) in [5.41, 5.74) is 0. The summed E-state index contributed by atoms with van der Waals surface area (Å²) in [6, 6.07) is 0. The lowest BCUT2D eigenvalue weighted by Crippen LogP contribution is -2.35. The van der Waals surface area contributed by atoms with Crippen LogP contribution in [0.5, 0.6) is 0 Å². The third-order valence-electron chi connectivity index (χ3n) is 2.17. The average Bonchev–Trinajstić information content (AvgIpc) is 2.10. The highest BCUT2D eigenvalue weighted by Crippen LogP contribution is 2.25. The zero-order valence-electron chi connectivity index (χ0n) is 7.59. The fourth-order valence-corrected chi connectivity index (χ4v) is 1.79. The molecule has 0 aromatic rings. The van der Waals surface area contributed by atoms with Crippen LogP contribution in [0.1, 0.15) is 26.2 Å². The van der Waals surface area contributed by atoms with Crippen molar-refractivity contribution >= 4 is 23.4 Å². The van der Waals surface area contributed by atoms with Gasteiger partial charge in [0, 0.05) is 0 Å². The van der Waals surface area contributed by atoms with E-state index in [1.54, 1.807) is 6.92 Å². The predicted octanol–water partition coefficient (Wildman–Crippen LogP) is 1.53. The number of hydrogen-bond donors (Lipinski definition) is 0. The molecule has 3 nitrogen and oxygen atoms in total. The molecule has 0 N–H and O–H groups in total. The van der Waals surface area contributed by atoms with Crippen LogP contribution in [0.2, 0.25) is 0 Å². The molecule has 74 valence electrons. The fourth-order valence-electron chi connectivity index (χ4n) is 1.48. The van der Waals surface area contributed by atoms with Gasteiger partial charge in [-0.2, -0.15) is 0 Å².